The predicted octanol–water partition coefficient (Wildman–Crippen LogP) is 4.50. The Balaban J connectivity index is 1.63. The van der Waals surface area contributed by atoms with E-state index in [-0.39, 0.29) is 28.2 Å². The number of amides is 1. The van der Waals surface area contributed by atoms with Crippen molar-refractivity contribution in [2.45, 2.75) is 26.4 Å². The largest absolute Gasteiger partial charge is 0.493 e. The first-order valence-electron chi connectivity index (χ1n) is 14.4. The number of esters is 1. The molecule has 1 atom stereocenters. The fourth-order valence-electron chi connectivity index (χ4n) is 5.86. The fourth-order valence-corrected chi connectivity index (χ4v) is 7.36. The average Bonchev–Trinajstić information content (AvgIpc) is 3.51. The molecule has 2 aliphatic heterocycles. The third kappa shape index (κ3) is 5.21. The standard InChI is InChI=1S/C34H30BrN3O7S/c1-6-45-33(41)26-18(2)36-34-38(28(26)20-14-24(42-3)29(44-5)25(15-20)43-4)32(40)30(46-34)27-22-16-21(35)12-13-23(22)37(31(27)39)17-19-10-8-7-9-11-19/h7-16,28H,6,17H2,1-5H3/b30-27-/t28-/m1/s1. The van der Waals surface area contributed by atoms with Crippen LogP contribution in [0, 0.1) is 0 Å². The summed E-state index contributed by atoms with van der Waals surface area (Å²) < 4.78 is 24.6. The number of nitrogens with zero attached hydrogens (tertiary/aromatic N) is 3. The van der Waals surface area contributed by atoms with Gasteiger partial charge in [0.1, 0.15) is 4.53 Å². The molecule has 0 N–H and O–H groups in total. The number of hydrogen-bond acceptors (Lipinski definition) is 9. The maximum Gasteiger partial charge on any atom is 0.338 e. The summed E-state index contributed by atoms with van der Waals surface area (Å²) in [5.41, 5.74) is 3.17. The van der Waals surface area contributed by atoms with Gasteiger partial charge in [-0.05, 0) is 55.3 Å². The van der Waals surface area contributed by atoms with Gasteiger partial charge >= 0.3 is 5.97 Å². The van der Waals surface area contributed by atoms with Crippen molar-refractivity contribution in [1.82, 2.24) is 4.57 Å². The molecule has 1 amide bonds. The molecule has 0 radical (unpaired) electrons. The van der Waals surface area contributed by atoms with Crippen LogP contribution in [0.25, 0.3) is 5.57 Å². The van der Waals surface area contributed by atoms with E-state index >= 15 is 0 Å². The van der Waals surface area contributed by atoms with Crippen LogP contribution in [-0.4, -0.2) is 44.4 Å². The van der Waals surface area contributed by atoms with Crippen molar-refractivity contribution in [2.24, 2.45) is 4.99 Å². The molecule has 46 heavy (non-hydrogen) atoms. The van der Waals surface area contributed by atoms with Gasteiger partial charge in [0, 0.05) is 10.0 Å². The van der Waals surface area contributed by atoms with Crippen LogP contribution in [0.1, 0.15) is 36.6 Å². The summed E-state index contributed by atoms with van der Waals surface area (Å²) >= 11 is 4.65. The van der Waals surface area contributed by atoms with Crippen molar-refractivity contribution >= 4 is 50.4 Å². The summed E-state index contributed by atoms with van der Waals surface area (Å²) in [7, 11) is 4.47. The van der Waals surface area contributed by atoms with E-state index in [2.05, 4.69) is 20.9 Å². The highest BCUT2D eigenvalue weighted by Gasteiger charge is 2.38. The molecule has 6 rings (SSSR count). The lowest BCUT2D eigenvalue weighted by Gasteiger charge is -2.26. The molecule has 0 bridgehead atoms. The van der Waals surface area contributed by atoms with Crippen LogP contribution in [0.5, 0.6) is 17.2 Å². The molecule has 0 fully saturated rings. The molecule has 0 saturated heterocycles. The van der Waals surface area contributed by atoms with E-state index in [4.69, 9.17) is 18.9 Å². The van der Waals surface area contributed by atoms with E-state index < -0.39 is 17.6 Å². The summed E-state index contributed by atoms with van der Waals surface area (Å²) in [6, 6.07) is 17.7. The molecule has 0 saturated carbocycles. The number of carbonyl (C=O) groups is 2. The number of allylic oxidation sites excluding steroid dienone is 1. The van der Waals surface area contributed by atoms with Crippen LogP contribution in [0.15, 0.2) is 86.2 Å². The number of rotatable bonds is 8. The quantitative estimate of drug-likeness (QED) is 0.249. The second-order valence-electron chi connectivity index (χ2n) is 10.5. The minimum absolute atomic E-state index is 0.129. The molecule has 3 heterocycles. The minimum atomic E-state index is -0.961. The highest BCUT2D eigenvalue weighted by atomic mass is 79.9. The summed E-state index contributed by atoms with van der Waals surface area (Å²) in [4.78, 5) is 49.0. The summed E-state index contributed by atoms with van der Waals surface area (Å²) in [6.45, 7) is 3.87. The number of ether oxygens (including phenoxy) is 4. The monoisotopic (exact) mass is 703 g/mol. The van der Waals surface area contributed by atoms with Crippen LogP contribution < -0.4 is 34.0 Å². The molecule has 0 spiro atoms. The highest BCUT2D eigenvalue weighted by Crippen LogP contribution is 2.43. The average molecular weight is 705 g/mol. The Morgan fingerprint density at radius 3 is 2.30 bits per heavy atom. The second-order valence-corrected chi connectivity index (χ2v) is 12.4. The van der Waals surface area contributed by atoms with Crippen molar-refractivity contribution in [3.8, 4) is 17.2 Å². The van der Waals surface area contributed by atoms with Crippen LogP contribution in [0.2, 0.25) is 0 Å². The van der Waals surface area contributed by atoms with E-state index in [9.17, 15) is 14.4 Å². The van der Waals surface area contributed by atoms with Crippen molar-refractivity contribution in [1.29, 1.82) is 0 Å². The Labute approximate surface area is 276 Å². The van der Waals surface area contributed by atoms with Gasteiger partial charge in [-0.3, -0.25) is 14.2 Å². The van der Waals surface area contributed by atoms with Gasteiger partial charge in [-0.25, -0.2) is 9.79 Å². The molecule has 1 aromatic heterocycles. The second kappa shape index (κ2) is 12.6. The number of hydrogen-bond donors (Lipinski definition) is 0. The molecule has 12 heteroatoms. The zero-order chi connectivity index (χ0) is 32.7. The van der Waals surface area contributed by atoms with Gasteiger partial charge in [0.25, 0.3) is 11.5 Å². The van der Waals surface area contributed by atoms with Gasteiger partial charge < -0.3 is 23.8 Å². The number of anilines is 1. The number of halogens is 1. The molecule has 4 aromatic rings. The molecule has 0 aliphatic carbocycles. The van der Waals surface area contributed by atoms with Crippen LogP contribution in [0.4, 0.5) is 5.69 Å². The van der Waals surface area contributed by atoms with Crippen molar-refractivity contribution < 1.29 is 28.5 Å². The lowest BCUT2D eigenvalue weighted by atomic mass is 9.95. The van der Waals surface area contributed by atoms with Crippen molar-refractivity contribution in [3.63, 3.8) is 0 Å². The number of benzene rings is 3. The molecule has 3 aromatic carbocycles. The third-order valence-electron chi connectivity index (χ3n) is 7.88. The number of thiazole rings is 1. The van der Waals surface area contributed by atoms with Crippen LogP contribution in [-0.2, 0) is 20.9 Å². The fraction of sp³-hybridized carbons (Fsp3) is 0.235. The normalized spacial score (nSPS) is 16.5. The molecule has 0 unspecified atom stereocenters. The number of methoxy groups -OCH3 is 3. The zero-order valence-corrected chi connectivity index (χ0v) is 28.2. The number of carbonyl (C=O) groups excluding carboxylic acids is 2. The first-order chi connectivity index (χ1) is 22.2. The lowest BCUT2D eigenvalue weighted by molar-refractivity contribution is -0.139. The van der Waals surface area contributed by atoms with Crippen molar-refractivity contribution in [2.75, 3.05) is 32.8 Å². The number of aromatic nitrogens is 1. The van der Waals surface area contributed by atoms with E-state index in [0.717, 1.165) is 21.4 Å². The van der Waals surface area contributed by atoms with Gasteiger partial charge in [-0.1, -0.05) is 57.6 Å². The lowest BCUT2D eigenvalue weighted by Crippen LogP contribution is -2.41. The third-order valence-corrected chi connectivity index (χ3v) is 9.43. The summed E-state index contributed by atoms with van der Waals surface area (Å²) in [5, 5.41) is 0. The molecule has 10 nitrogen and oxygen atoms in total. The van der Waals surface area contributed by atoms with Crippen LogP contribution >= 0.6 is 27.3 Å². The Morgan fingerprint density at radius 2 is 1.67 bits per heavy atom. The Morgan fingerprint density at radius 1 is 0.978 bits per heavy atom. The van der Waals surface area contributed by atoms with E-state index in [1.165, 1.54) is 25.9 Å². The van der Waals surface area contributed by atoms with E-state index in [1.807, 2.05) is 48.5 Å². The summed E-state index contributed by atoms with van der Waals surface area (Å²) in [5.74, 6) is 0.148. The molecule has 2 aliphatic rings. The van der Waals surface area contributed by atoms with E-state index in [0.29, 0.717) is 51.1 Å². The van der Waals surface area contributed by atoms with E-state index in [1.54, 1.807) is 30.9 Å². The Bertz CT molecular complexity index is 2080. The molecular weight excluding hydrogens is 674 g/mol. The maximum atomic E-state index is 14.6. The van der Waals surface area contributed by atoms with Crippen LogP contribution in [0.3, 0.4) is 0 Å². The maximum absolute atomic E-state index is 14.6. The first-order valence-corrected chi connectivity index (χ1v) is 16.0. The SMILES string of the molecule is CCOC(=O)C1=C(C)N=c2s/c(=C3\C(=O)N(Cc4ccccc4)c4ccc(Br)cc43)c(=O)n2[C@@H]1c1cc(OC)c(OC)c(OC)c1. The molecule has 236 valence electrons. The predicted molar refractivity (Wildman–Crippen MR) is 177 cm³/mol. The Hall–Kier alpha value is -4.68. The van der Waals surface area contributed by atoms with Gasteiger partial charge in [-0.15, -0.1) is 0 Å². The summed E-state index contributed by atoms with van der Waals surface area (Å²) in [6.07, 6.45) is 0. The van der Waals surface area contributed by atoms with Gasteiger partial charge in [-0.2, -0.15) is 0 Å². The Kier molecular flexibility index (Phi) is 8.58. The topological polar surface area (TPSA) is 109 Å². The first kappa shape index (κ1) is 31.3. The van der Waals surface area contributed by atoms with Gasteiger partial charge in [0.2, 0.25) is 5.75 Å². The minimum Gasteiger partial charge on any atom is -0.493 e. The number of fused-ring (bicyclic) bond motifs is 2. The smallest absolute Gasteiger partial charge is 0.338 e. The van der Waals surface area contributed by atoms with Crippen molar-refractivity contribution in [3.05, 3.63) is 113 Å². The van der Waals surface area contributed by atoms with Gasteiger partial charge in [0.15, 0.2) is 16.3 Å². The zero-order valence-electron chi connectivity index (χ0n) is 25.8. The highest BCUT2D eigenvalue weighted by molar-refractivity contribution is 9.10. The molecular formula is C34H30BrN3O7S. The van der Waals surface area contributed by atoms with Gasteiger partial charge in [0.05, 0.1) is 63.1 Å².